The average molecular weight is 523 g/mol. The van der Waals surface area contributed by atoms with Crippen LogP contribution in [0.4, 0.5) is 10.8 Å². The molecule has 4 rings (SSSR count). The lowest BCUT2D eigenvalue weighted by Gasteiger charge is -2.13. The molecule has 1 atom stereocenters. The number of rotatable bonds is 14. The maximum Gasteiger partial charge on any atom is 0.230 e. The van der Waals surface area contributed by atoms with E-state index in [0.717, 1.165) is 47.3 Å². The maximum atomic E-state index is 12.4. The van der Waals surface area contributed by atoms with Gasteiger partial charge < -0.3 is 25.8 Å². The van der Waals surface area contributed by atoms with Crippen molar-refractivity contribution in [1.29, 1.82) is 0 Å². The van der Waals surface area contributed by atoms with Gasteiger partial charge in [-0.15, -0.1) is 22.7 Å². The molecule has 1 amide bonds. The van der Waals surface area contributed by atoms with E-state index in [1.807, 2.05) is 66.0 Å². The molecule has 0 aliphatic rings. The summed E-state index contributed by atoms with van der Waals surface area (Å²) in [5.41, 5.74) is 2.66. The van der Waals surface area contributed by atoms with Crippen LogP contribution >= 0.6 is 22.7 Å². The highest BCUT2D eigenvalue weighted by atomic mass is 32.1. The highest BCUT2D eigenvalue weighted by Gasteiger charge is 2.09. The molecule has 0 radical (unpaired) electrons. The van der Waals surface area contributed by atoms with Crippen LogP contribution in [-0.2, 0) is 24.2 Å². The highest BCUT2D eigenvalue weighted by molar-refractivity contribution is 7.13. The summed E-state index contributed by atoms with van der Waals surface area (Å²) in [6.07, 6.45) is 0.480. The van der Waals surface area contributed by atoms with Gasteiger partial charge in [0, 0.05) is 22.5 Å². The quantitative estimate of drug-likeness (QED) is 0.181. The Bertz CT molecular complexity index is 1180. The predicted molar refractivity (Wildman–Crippen MR) is 147 cm³/mol. The molecule has 4 aromatic rings. The number of nitrogens with zero attached hydrogens (tertiary/aromatic N) is 1. The number of thiophene rings is 1. The number of nitrogens with one attached hydrogen (secondary N) is 3. The van der Waals surface area contributed by atoms with Crippen molar-refractivity contribution in [3.8, 4) is 5.75 Å². The smallest absolute Gasteiger partial charge is 0.230 e. The number of hydrogen-bond acceptors (Lipinski definition) is 8. The van der Waals surface area contributed by atoms with E-state index < -0.39 is 6.10 Å². The number of carbonyl (C=O) groups excluding carboxylic acids is 1. The summed E-state index contributed by atoms with van der Waals surface area (Å²) in [6, 6.07) is 21.4. The van der Waals surface area contributed by atoms with E-state index in [1.54, 1.807) is 11.3 Å². The maximum absolute atomic E-state index is 12.4. The topological polar surface area (TPSA) is 95.5 Å². The van der Waals surface area contributed by atoms with Crippen LogP contribution in [0.2, 0.25) is 0 Å². The lowest BCUT2D eigenvalue weighted by molar-refractivity contribution is -0.115. The Labute approximate surface area is 219 Å². The van der Waals surface area contributed by atoms with Gasteiger partial charge in [-0.2, -0.15) is 0 Å². The number of aromatic nitrogens is 1. The molecule has 7 nitrogen and oxygen atoms in total. The zero-order valence-corrected chi connectivity index (χ0v) is 21.5. The molecular weight excluding hydrogens is 492 g/mol. The van der Waals surface area contributed by atoms with E-state index in [0.29, 0.717) is 6.54 Å². The lowest BCUT2D eigenvalue weighted by Crippen LogP contribution is -2.32. The lowest BCUT2D eigenvalue weighted by atomic mass is 10.1. The Morgan fingerprint density at radius 2 is 1.86 bits per heavy atom. The van der Waals surface area contributed by atoms with Gasteiger partial charge in [0.1, 0.15) is 18.5 Å². The molecule has 0 saturated heterocycles. The second-order valence-electron chi connectivity index (χ2n) is 8.23. The van der Waals surface area contributed by atoms with Gasteiger partial charge in [-0.1, -0.05) is 36.4 Å². The summed E-state index contributed by atoms with van der Waals surface area (Å²) >= 11 is 3.21. The number of para-hydroxylation sites is 1. The first-order valence-corrected chi connectivity index (χ1v) is 13.6. The number of anilines is 2. The predicted octanol–water partition coefficient (Wildman–Crippen LogP) is 4.57. The minimum atomic E-state index is -0.576. The third kappa shape index (κ3) is 8.76. The molecule has 0 bridgehead atoms. The molecule has 0 aliphatic carbocycles. The number of aliphatic hydroxyl groups excluding tert-OH is 1. The van der Waals surface area contributed by atoms with Crippen molar-refractivity contribution in [2.45, 2.75) is 25.5 Å². The summed E-state index contributed by atoms with van der Waals surface area (Å²) < 4.78 is 5.56. The Morgan fingerprint density at radius 1 is 1.03 bits per heavy atom. The van der Waals surface area contributed by atoms with E-state index >= 15 is 0 Å². The van der Waals surface area contributed by atoms with Crippen molar-refractivity contribution in [2.24, 2.45) is 0 Å². The highest BCUT2D eigenvalue weighted by Crippen LogP contribution is 2.19. The molecule has 0 aliphatic heterocycles. The van der Waals surface area contributed by atoms with Crippen LogP contribution in [0.1, 0.15) is 16.1 Å². The van der Waals surface area contributed by atoms with E-state index in [4.69, 9.17) is 4.74 Å². The summed E-state index contributed by atoms with van der Waals surface area (Å²) in [5.74, 6) is 0.660. The van der Waals surface area contributed by atoms with Crippen molar-refractivity contribution < 1.29 is 14.6 Å². The fourth-order valence-electron chi connectivity index (χ4n) is 3.44. The van der Waals surface area contributed by atoms with Crippen LogP contribution in [0.15, 0.2) is 77.5 Å². The molecule has 2 aromatic heterocycles. The fourth-order valence-corrected chi connectivity index (χ4v) is 4.79. The Morgan fingerprint density at radius 3 is 2.64 bits per heavy atom. The van der Waals surface area contributed by atoms with Crippen molar-refractivity contribution in [3.63, 3.8) is 0 Å². The first-order chi connectivity index (χ1) is 17.6. The standard InChI is InChI=1S/C27H30N4O3S2/c32-23(18-34-24-5-2-1-3-6-24)16-28-13-12-20-8-10-21(11-9-20)30-26(33)15-22-19-36-27(31-22)29-17-25-7-4-14-35-25/h1-11,14,19,23,28,32H,12-13,15-18H2,(H,29,31)(H,30,33)/t23-/m0/s1. The van der Waals surface area contributed by atoms with Crippen LogP contribution in [0.3, 0.4) is 0 Å². The first-order valence-electron chi connectivity index (χ1n) is 11.8. The molecule has 36 heavy (non-hydrogen) atoms. The average Bonchev–Trinajstić information content (AvgIpc) is 3.58. The van der Waals surface area contributed by atoms with Gasteiger partial charge in [-0.25, -0.2) is 4.98 Å². The zero-order valence-electron chi connectivity index (χ0n) is 19.9. The van der Waals surface area contributed by atoms with E-state index in [9.17, 15) is 9.90 Å². The molecule has 0 saturated carbocycles. The second kappa shape index (κ2) is 13.7. The molecule has 0 fully saturated rings. The molecule has 0 spiro atoms. The minimum absolute atomic E-state index is 0.0915. The van der Waals surface area contributed by atoms with Crippen LogP contribution in [-0.4, -0.2) is 41.8 Å². The van der Waals surface area contributed by atoms with Gasteiger partial charge in [0.25, 0.3) is 0 Å². The summed E-state index contributed by atoms with van der Waals surface area (Å²) in [7, 11) is 0. The van der Waals surface area contributed by atoms with Crippen molar-refractivity contribution in [2.75, 3.05) is 30.3 Å². The van der Waals surface area contributed by atoms with Gasteiger partial charge in [0.2, 0.25) is 5.91 Å². The van der Waals surface area contributed by atoms with Crippen molar-refractivity contribution in [3.05, 3.63) is 93.6 Å². The summed E-state index contributed by atoms with van der Waals surface area (Å²) in [4.78, 5) is 18.2. The number of hydrogen-bond donors (Lipinski definition) is 4. The Balaban J connectivity index is 1.11. The summed E-state index contributed by atoms with van der Waals surface area (Å²) in [6.45, 7) is 2.19. The van der Waals surface area contributed by atoms with Gasteiger partial charge in [0.15, 0.2) is 5.13 Å². The Hall–Kier alpha value is -3.24. The zero-order chi connectivity index (χ0) is 25.0. The van der Waals surface area contributed by atoms with Crippen molar-refractivity contribution >= 4 is 39.4 Å². The van der Waals surface area contributed by atoms with Crippen LogP contribution in [0, 0.1) is 0 Å². The summed E-state index contributed by atoms with van der Waals surface area (Å²) in [5, 5.41) is 24.3. The van der Waals surface area contributed by atoms with Crippen LogP contribution < -0.4 is 20.7 Å². The van der Waals surface area contributed by atoms with Gasteiger partial charge in [0.05, 0.1) is 18.7 Å². The molecule has 0 unspecified atom stereocenters. The minimum Gasteiger partial charge on any atom is -0.491 e. The van der Waals surface area contributed by atoms with E-state index in [1.165, 1.54) is 16.2 Å². The van der Waals surface area contributed by atoms with Crippen LogP contribution in [0.25, 0.3) is 0 Å². The number of carbonyl (C=O) groups is 1. The molecule has 4 N–H and O–H groups in total. The largest absolute Gasteiger partial charge is 0.491 e. The van der Waals surface area contributed by atoms with Gasteiger partial charge in [-0.05, 0) is 54.2 Å². The third-order valence-electron chi connectivity index (χ3n) is 5.28. The number of aliphatic hydroxyl groups is 1. The number of amides is 1. The number of thiazole rings is 1. The molecule has 2 aromatic carbocycles. The van der Waals surface area contributed by atoms with E-state index in [2.05, 4.69) is 32.4 Å². The molecule has 188 valence electrons. The van der Waals surface area contributed by atoms with Crippen molar-refractivity contribution in [1.82, 2.24) is 10.3 Å². The van der Waals surface area contributed by atoms with E-state index in [-0.39, 0.29) is 18.9 Å². The molecule has 2 heterocycles. The third-order valence-corrected chi connectivity index (χ3v) is 7.01. The SMILES string of the molecule is O=C(Cc1csc(NCc2cccs2)n1)Nc1ccc(CCNC[C@H](O)COc2ccccc2)cc1. The van der Waals surface area contributed by atoms with Gasteiger partial charge >= 0.3 is 0 Å². The normalized spacial score (nSPS) is 11.7. The fraction of sp³-hybridized carbons (Fsp3) is 0.259. The van der Waals surface area contributed by atoms with Crippen LogP contribution in [0.5, 0.6) is 5.75 Å². The number of ether oxygens (including phenoxy) is 1. The second-order valence-corrected chi connectivity index (χ2v) is 10.1. The molecule has 9 heteroatoms. The monoisotopic (exact) mass is 522 g/mol. The first kappa shape index (κ1) is 25.8. The van der Waals surface area contributed by atoms with Gasteiger partial charge in [-0.3, -0.25) is 4.79 Å². The molecular formula is C27H30N4O3S2. The number of benzene rings is 2. The Kier molecular flexibility index (Phi) is 9.87.